The van der Waals surface area contributed by atoms with Crippen molar-refractivity contribution in [3.05, 3.63) is 18.5 Å². The van der Waals surface area contributed by atoms with Crippen LogP contribution in [0.3, 0.4) is 0 Å². The van der Waals surface area contributed by atoms with Gasteiger partial charge in [0.2, 0.25) is 5.91 Å². The predicted molar refractivity (Wildman–Crippen MR) is 65.8 cm³/mol. The van der Waals surface area contributed by atoms with E-state index in [0.717, 1.165) is 0 Å². The number of aryl methyl sites for hydroxylation is 1. The second-order valence-electron chi connectivity index (χ2n) is 4.61. The minimum Gasteiger partial charge on any atom is -0.335 e. The minimum absolute atomic E-state index is 0.00546. The standard InChI is InChI=1S/C12H19FN4O/c1-14-8-11-7-10(13)9-17(11)12(18)3-6-16-5-2-4-15-16/h2,4-5,10-11,14H,3,6-9H2,1H3/t10-,11-/m0/s1. The molecule has 0 aliphatic carbocycles. The number of rotatable bonds is 5. The molecule has 1 saturated heterocycles. The zero-order valence-electron chi connectivity index (χ0n) is 10.6. The third-order valence-electron chi connectivity index (χ3n) is 3.24. The van der Waals surface area contributed by atoms with Crippen LogP contribution in [0.15, 0.2) is 18.5 Å². The molecule has 0 bridgehead atoms. The lowest BCUT2D eigenvalue weighted by atomic mass is 10.2. The number of likely N-dealkylation sites (tertiary alicyclic amines) is 1. The lowest BCUT2D eigenvalue weighted by molar-refractivity contribution is -0.132. The molecule has 0 unspecified atom stereocenters. The molecule has 0 spiro atoms. The Kier molecular flexibility index (Phi) is 4.30. The van der Waals surface area contributed by atoms with Gasteiger partial charge in [0.1, 0.15) is 6.17 Å². The smallest absolute Gasteiger partial charge is 0.224 e. The highest BCUT2D eigenvalue weighted by molar-refractivity contribution is 5.76. The van der Waals surface area contributed by atoms with E-state index in [1.165, 1.54) is 0 Å². The van der Waals surface area contributed by atoms with Crippen LogP contribution in [0.4, 0.5) is 4.39 Å². The number of amides is 1. The average molecular weight is 254 g/mol. The summed E-state index contributed by atoms with van der Waals surface area (Å²) in [6.07, 6.45) is 3.42. The van der Waals surface area contributed by atoms with Gasteiger partial charge in [0.25, 0.3) is 0 Å². The monoisotopic (exact) mass is 254 g/mol. The quantitative estimate of drug-likeness (QED) is 0.829. The number of halogens is 1. The Morgan fingerprint density at radius 1 is 1.61 bits per heavy atom. The van der Waals surface area contributed by atoms with Crippen LogP contribution in [0, 0.1) is 0 Å². The third-order valence-corrected chi connectivity index (χ3v) is 3.24. The van der Waals surface area contributed by atoms with Crippen LogP contribution in [-0.2, 0) is 11.3 Å². The second kappa shape index (κ2) is 5.95. The maximum absolute atomic E-state index is 13.4. The predicted octanol–water partition coefficient (Wildman–Crippen LogP) is 0.432. The molecule has 2 heterocycles. The number of hydrogen-bond acceptors (Lipinski definition) is 3. The van der Waals surface area contributed by atoms with Gasteiger partial charge in [0.15, 0.2) is 0 Å². The van der Waals surface area contributed by atoms with E-state index in [2.05, 4.69) is 10.4 Å². The Morgan fingerprint density at radius 2 is 2.44 bits per heavy atom. The first kappa shape index (κ1) is 13.0. The van der Waals surface area contributed by atoms with Crippen LogP contribution < -0.4 is 5.32 Å². The van der Waals surface area contributed by atoms with E-state index in [-0.39, 0.29) is 18.5 Å². The first-order valence-electron chi connectivity index (χ1n) is 6.26. The van der Waals surface area contributed by atoms with Crippen molar-refractivity contribution in [2.24, 2.45) is 0 Å². The van der Waals surface area contributed by atoms with Crippen molar-refractivity contribution in [3.8, 4) is 0 Å². The highest BCUT2D eigenvalue weighted by Crippen LogP contribution is 2.20. The normalized spacial score (nSPS) is 23.6. The number of aromatic nitrogens is 2. The van der Waals surface area contributed by atoms with E-state index in [9.17, 15) is 9.18 Å². The van der Waals surface area contributed by atoms with E-state index in [4.69, 9.17) is 0 Å². The van der Waals surface area contributed by atoms with Crippen molar-refractivity contribution in [1.82, 2.24) is 20.0 Å². The summed E-state index contributed by atoms with van der Waals surface area (Å²) in [5.41, 5.74) is 0. The number of carbonyl (C=O) groups excluding carboxylic acids is 1. The van der Waals surface area contributed by atoms with E-state index in [1.807, 2.05) is 19.3 Å². The summed E-state index contributed by atoms with van der Waals surface area (Å²) in [6, 6.07) is 1.80. The molecule has 0 radical (unpaired) electrons. The van der Waals surface area contributed by atoms with Gasteiger partial charge in [-0.25, -0.2) is 4.39 Å². The van der Waals surface area contributed by atoms with Crippen molar-refractivity contribution < 1.29 is 9.18 Å². The van der Waals surface area contributed by atoms with Gasteiger partial charge >= 0.3 is 0 Å². The topological polar surface area (TPSA) is 50.2 Å². The van der Waals surface area contributed by atoms with Crippen LogP contribution in [0.2, 0.25) is 0 Å². The maximum Gasteiger partial charge on any atom is 0.224 e. The average Bonchev–Trinajstić information content (AvgIpc) is 2.96. The van der Waals surface area contributed by atoms with E-state index in [1.54, 1.807) is 15.8 Å². The fraction of sp³-hybridized carbons (Fsp3) is 0.667. The molecule has 0 saturated carbocycles. The Balaban J connectivity index is 1.87. The fourth-order valence-electron chi connectivity index (χ4n) is 2.38. The number of alkyl halides is 1. The molecule has 18 heavy (non-hydrogen) atoms. The zero-order chi connectivity index (χ0) is 13.0. The summed E-state index contributed by atoms with van der Waals surface area (Å²) < 4.78 is 15.1. The molecule has 100 valence electrons. The molecule has 0 aromatic carbocycles. The lowest BCUT2D eigenvalue weighted by Gasteiger charge is -2.24. The molecule has 1 aromatic heterocycles. The number of carbonyl (C=O) groups is 1. The van der Waals surface area contributed by atoms with Crippen molar-refractivity contribution in [1.29, 1.82) is 0 Å². The first-order chi connectivity index (χ1) is 8.70. The Labute approximate surface area is 106 Å². The molecule has 1 fully saturated rings. The maximum atomic E-state index is 13.4. The number of nitrogens with one attached hydrogen (secondary N) is 1. The van der Waals surface area contributed by atoms with Crippen LogP contribution in [0.5, 0.6) is 0 Å². The molecular formula is C12H19FN4O. The molecule has 5 nitrogen and oxygen atoms in total. The van der Waals surface area contributed by atoms with E-state index in [0.29, 0.717) is 25.9 Å². The van der Waals surface area contributed by atoms with Gasteiger partial charge in [-0.05, 0) is 13.1 Å². The molecule has 1 aliphatic rings. The lowest BCUT2D eigenvalue weighted by Crippen LogP contribution is -2.41. The zero-order valence-corrected chi connectivity index (χ0v) is 10.6. The largest absolute Gasteiger partial charge is 0.335 e. The van der Waals surface area contributed by atoms with Gasteiger partial charge in [-0.3, -0.25) is 9.48 Å². The van der Waals surface area contributed by atoms with Crippen molar-refractivity contribution in [2.45, 2.75) is 31.6 Å². The Bertz CT molecular complexity index is 381. The van der Waals surface area contributed by atoms with Crippen molar-refractivity contribution in [3.63, 3.8) is 0 Å². The first-order valence-corrected chi connectivity index (χ1v) is 6.26. The molecule has 2 rings (SSSR count). The van der Waals surface area contributed by atoms with Crippen LogP contribution in [-0.4, -0.2) is 52.9 Å². The fourth-order valence-corrected chi connectivity index (χ4v) is 2.38. The SMILES string of the molecule is CNC[C@@H]1C[C@H](F)CN1C(=O)CCn1cccn1. The third kappa shape index (κ3) is 3.07. The number of hydrogen-bond donors (Lipinski definition) is 1. The van der Waals surface area contributed by atoms with Gasteiger partial charge in [-0.1, -0.05) is 0 Å². The summed E-state index contributed by atoms with van der Waals surface area (Å²) >= 11 is 0. The molecule has 1 aliphatic heterocycles. The molecular weight excluding hydrogens is 235 g/mol. The summed E-state index contributed by atoms with van der Waals surface area (Å²) in [5.74, 6) is 0.00546. The summed E-state index contributed by atoms with van der Waals surface area (Å²) in [5, 5.41) is 7.05. The van der Waals surface area contributed by atoms with Crippen LogP contribution in [0.1, 0.15) is 12.8 Å². The van der Waals surface area contributed by atoms with E-state index < -0.39 is 6.17 Å². The van der Waals surface area contributed by atoms with Crippen LogP contribution >= 0.6 is 0 Å². The highest BCUT2D eigenvalue weighted by atomic mass is 19.1. The summed E-state index contributed by atoms with van der Waals surface area (Å²) in [4.78, 5) is 13.7. The molecule has 2 atom stereocenters. The second-order valence-corrected chi connectivity index (χ2v) is 4.61. The van der Waals surface area contributed by atoms with Gasteiger partial charge in [0.05, 0.1) is 6.54 Å². The van der Waals surface area contributed by atoms with Gasteiger partial charge in [-0.15, -0.1) is 0 Å². The summed E-state index contributed by atoms with van der Waals surface area (Å²) in [7, 11) is 1.82. The molecule has 1 N–H and O–H groups in total. The highest BCUT2D eigenvalue weighted by Gasteiger charge is 2.34. The Hall–Kier alpha value is -1.43. The molecule has 6 heteroatoms. The summed E-state index contributed by atoms with van der Waals surface area (Å²) in [6.45, 7) is 1.42. The van der Waals surface area contributed by atoms with Gasteiger partial charge < -0.3 is 10.2 Å². The van der Waals surface area contributed by atoms with Gasteiger partial charge in [-0.2, -0.15) is 5.10 Å². The Morgan fingerprint density at radius 3 is 3.11 bits per heavy atom. The molecule has 1 amide bonds. The molecule has 1 aromatic rings. The van der Waals surface area contributed by atoms with Crippen molar-refractivity contribution >= 4 is 5.91 Å². The van der Waals surface area contributed by atoms with Crippen LogP contribution in [0.25, 0.3) is 0 Å². The number of nitrogens with zero attached hydrogens (tertiary/aromatic N) is 3. The van der Waals surface area contributed by atoms with Gasteiger partial charge in [0, 0.05) is 44.4 Å². The van der Waals surface area contributed by atoms with E-state index >= 15 is 0 Å². The van der Waals surface area contributed by atoms with Crippen molar-refractivity contribution in [2.75, 3.05) is 20.1 Å². The number of likely N-dealkylation sites (N-methyl/N-ethyl adjacent to an activating group) is 1. The minimum atomic E-state index is -0.892.